The van der Waals surface area contributed by atoms with Gasteiger partial charge in [0.25, 0.3) is 0 Å². The molecule has 0 saturated carbocycles. The summed E-state index contributed by atoms with van der Waals surface area (Å²) >= 11 is 9.42. The van der Waals surface area contributed by atoms with Gasteiger partial charge in [0, 0.05) is 28.0 Å². The number of furan rings is 1. The van der Waals surface area contributed by atoms with Crippen LogP contribution in [0.4, 0.5) is 0 Å². The number of hydrogen-bond donors (Lipinski definition) is 0. The molecule has 0 fully saturated rings. The minimum Gasteiger partial charge on any atom is -0.461 e. The van der Waals surface area contributed by atoms with Crippen LogP contribution in [0.3, 0.4) is 0 Å². The molecule has 2 aromatic heterocycles. The highest BCUT2D eigenvalue weighted by atomic mass is 35.5. The second-order valence-electron chi connectivity index (χ2n) is 4.68. The molecule has 3 aromatic rings. The zero-order valence-corrected chi connectivity index (χ0v) is 15.0. The predicted octanol–water partition coefficient (Wildman–Crippen LogP) is 5.10. The van der Waals surface area contributed by atoms with Crippen LogP contribution in [0.2, 0.25) is 5.02 Å². The van der Waals surface area contributed by atoms with E-state index < -0.39 is 0 Å². The highest BCUT2D eigenvalue weighted by Gasteiger charge is 2.14. The normalized spacial score (nSPS) is 11.0. The Morgan fingerprint density at radius 3 is 2.57 bits per heavy atom. The van der Waals surface area contributed by atoms with Crippen molar-refractivity contribution in [1.82, 2.24) is 14.8 Å². The number of rotatable bonds is 7. The molecule has 0 saturated heterocycles. The highest BCUT2D eigenvalue weighted by molar-refractivity contribution is 8.02. The van der Waals surface area contributed by atoms with Gasteiger partial charge < -0.3 is 4.42 Å². The SMILES string of the molecule is CCn1c(SCCSc2ccc(Cl)cc2)nnc1-c1ccco1. The van der Waals surface area contributed by atoms with Gasteiger partial charge in [0.05, 0.1) is 6.26 Å². The van der Waals surface area contributed by atoms with Crippen LogP contribution in [0, 0.1) is 0 Å². The van der Waals surface area contributed by atoms with Crippen molar-refractivity contribution in [2.24, 2.45) is 0 Å². The molecule has 0 bridgehead atoms. The second kappa shape index (κ2) is 7.95. The Bertz CT molecular complexity index is 741. The third-order valence-corrected chi connectivity index (χ3v) is 5.66. The maximum atomic E-state index is 5.89. The zero-order valence-electron chi connectivity index (χ0n) is 12.6. The smallest absolute Gasteiger partial charge is 0.200 e. The van der Waals surface area contributed by atoms with E-state index in [-0.39, 0.29) is 0 Å². The van der Waals surface area contributed by atoms with Gasteiger partial charge in [-0.1, -0.05) is 23.4 Å². The van der Waals surface area contributed by atoms with Gasteiger partial charge in [0.2, 0.25) is 0 Å². The van der Waals surface area contributed by atoms with E-state index in [1.54, 1.807) is 18.0 Å². The molecule has 0 unspecified atom stereocenters. The fourth-order valence-electron chi connectivity index (χ4n) is 2.09. The molecule has 120 valence electrons. The molecule has 0 amide bonds. The van der Waals surface area contributed by atoms with Crippen molar-refractivity contribution >= 4 is 35.1 Å². The van der Waals surface area contributed by atoms with Crippen LogP contribution >= 0.6 is 35.1 Å². The van der Waals surface area contributed by atoms with E-state index in [2.05, 4.69) is 21.7 Å². The maximum absolute atomic E-state index is 5.89. The largest absolute Gasteiger partial charge is 0.461 e. The lowest BCUT2D eigenvalue weighted by Gasteiger charge is -2.05. The minimum absolute atomic E-state index is 0.752. The summed E-state index contributed by atoms with van der Waals surface area (Å²) in [5.74, 6) is 3.50. The molecule has 2 heterocycles. The van der Waals surface area contributed by atoms with Crippen molar-refractivity contribution in [2.75, 3.05) is 11.5 Å². The van der Waals surface area contributed by atoms with Gasteiger partial charge in [-0.05, 0) is 43.3 Å². The van der Waals surface area contributed by atoms with E-state index in [9.17, 15) is 0 Å². The van der Waals surface area contributed by atoms with Crippen molar-refractivity contribution < 1.29 is 4.42 Å². The second-order valence-corrected chi connectivity index (χ2v) is 7.35. The quantitative estimate of drug-likeness (QED) is 0.430. The molecule has 23 heavy (non-hydrogen) atoms. The van der Waals surface area contributed by atoms with Gasteiger partial charge in [0.15, 0.2) is 16.7 Å². The number of thioether (sulfide) groups is 2. The van der Waals surface area contributed by atoms with Gasteiger partial charge >= 0.3 is 0 Å². The van der Waals surface area contributed by atoms with Crippen molar-refractivity contribution in [3.63, 3.8) is 0 Å². The lowest BCUT2D eigenvalue weighted by Crippen LogP contribution is -2.00. The van der Waals surface area contributed by atoms with E-state index in [1.165, 1.54) is 4.90 Å². The summed E-state index contributed by atoms with van der Waals surface area (Å²) in [7, 11) is 0. The lowest BCUT2D eigenvalue weighted by atomic mass is 10.4. The Morgan fingerprint density at radius 1 is 1.09 bits per heavy atom. The molecule has 0 aliphatic rings. The monoisotopic (exact) mass is 365 g/mol. The summed E-state index contributed by atoms with van der Waals surface area (Å²) < 4.78 is 7.50. The molecule has 0 aliphatic heterocycles. The van der Waals surface area contributed by atoms with Crippen LogP contribution in [0.25, 0.3) is 11.6 Å². The molecule has 0 atom stereocenters. The lowest BCUT2D eigenvalue weighted by molar-refractivity contribution is 0.567. The van der Waals surface area contributed by atoms with Crippen LogP contribution in [-0.2, 0) is 6.54 Å². The first-order valence-electron chi connectivity index (χ1n) is 7.26. The summed E-state index contributed by atoms with van der Waals surface area (Å²) in [6.07, 6.45) is 1.65. The third kappa shape index (κ3) is 4.13. The fraction of sp³-hybridized carbons (Fsp3) is 0.250. The topological polar surface area (TPSA) is 43.9 Å². The van der Waals surface area contributed by atoms with E-state index >= 15 is 0 Å². The summed E-state index contributed by atoms with van der Waals surface area (Å²) in [6.45, 7) is 2.90. The van der Waals surface area contributed by atoms with Crippen molar-refractivity contribution in [3.8, 4) is 11.6 Å². The first-order valence-corrected chi connectivity index (χ1v) is 9.61. The van der Waals surface area contributed by atoms with Crippen molar-refractivity contribution in [2.45, 2.75) is 23.5 Å². The summed E-state index contributed by atoms with van der Waals surface area (Å²) in [6, 6.07) is 11.7. The van der Waals surface area contributed by atoms with Crippen LogP contribution in [0.15, 0.2) is 57.1 Å². The number of hydrogen-bond acceptors (Lipinski definition) is 5. The van der Waals surface area contributed by atoms with Gasteiger partial charge in [-0.2, -0.15) is 0 Å². The summed E-state index contributed by atoms with van der Waals surface area (Å²) in [4.78, 5) is 1.23. The Kier molecular flexibility index (Phi) is 5.70. The zero-order chi connectivity index (χ0) is 16.1. The van der Waals surface area contributed by atoms with Gasteiger partial charge in [-0.3, -0.25) is 4.57 Å². The van der Waals surface area contributed by atoms with Gasteiger partial charge in [-0.25, -0.2) is 0 Å². The molecule has 0 N–H and O–H groups in total. The molecule has 0 spiro atoms. The summed E-state index contributed by atoms with van der Waals surface area (Å²) in [5.41, 5.74) is 0. The van der Waals surface area contributed by atoms with Crippen molar-refractivity contribution in [1.29, 1.82) is 0 Å². The molecule has 0 radical (unpaired) electrons. The maximum Gasteiger partial charge on any atom is 0.200 e. The van der Waals surface area contributed by atoms with Crippen LogP contribution in [-0.4, -0.2) is 26.3 Å². The molecular formula is C16H16ClN3OS2. The van der Waals surface area contributed by atoms with Gasteiger partial charge in [-0.15, -0.1) is 22.0 Å². The number of aromatic nitrogens is 3. The molecule has 7 heteroatoms. The molecular weight excluding hydrogens is 350 g/mol. The van der Waals surface area contributed by atoms with E-state index in [0.717, 1.165) is 39.8 Å². The summed E-state index contributed by atoms with van der Waals surface area (Å²) in [5, 5.41) is 10.2. The third-order valence-electron chi connectivity index (χ3n) is 3.17. The Hall–Kier alpha value is -1.37. The first kappa shape index (κ1) is 16.5. The van der Waals surface area contributed by atoms with Crippen molar-refractivity contribution in [3.05, 3.63) is 47.7 Å². The average Bonchev–Trinajstić information content (AvgIpc) is 3.22. The number of benzene rings is 1. The van der Waals surface area contributed by atoms with E-state index in [0.29, 0.717) is 0 Å². The minimum atomic E-state index is 0.752. The number of halogens is 1. The highest BCUT2D eigenvalue weighted by Crippen LogP contribution is 2.26. The van der Waals surface area contributed by atoms with E-state index in [1.807, 2.05) is 48.2 Å². The van der Waals surface area contributed by atoms with Gasteiger partial charge in [0.1, 0.15) is 0 Å². The van der Waals surface area contributed by atoms with Crippen LogP contribution in [0.1, 0.15) is 6.92 Å². The first-order chi connectivity index (χ1) is 11.3. The predicted molar refractivity (Wildman–Crippen MR) is 96.3 cm³/mol. The molecule has 3 rings (SSSR count). The van der Waals surface area contributed by atoms with Crippen LogP contribution < -0.4 is 0 Å². The molecule has 4 nitrogen and oxygen atoms in total. The molecule has 0 aliphatic carbocycles. The Labute approximate surface area is 148 Å². The van der Waals surface area contributed by atoms with Crippen LogP contribution in [0.5, 0.6) is 0 Å². The average molecular weight is 366 g/mol. The molecule has 1 aromatic carbocycles. The fourth-order valence-corrected chi connectivity index (χ4v) is 4.10. The Morgan fingerprint density at radius 2 is 1.87 bits per heavy atom. The Balaban J connectivity index is 1.57. The van der Waals surface area contributed by atoms with E-state index in [4.69, 9.17) is 16.0 Å². The number of nitrogens with zero attached hydrogens (tertiary/aromatic N) is 3. The standard InChI is InChI=1S/C16H16ClN3OS2/c1-2-20-15(14-4-3-9-21-14)18-19-16(20)23-11-10-22-13-7-5-12(17)6-8-13/h3-9H,2,10-11H2,1H3.